The number of ether oxygens (including phenoxy) is 1. The Morgan fingerprint density at radius 1 is 0.977 bits per heavy atom. The molecule has 16 heteroatoms. The van der Waals surface area contributed by atoms with Gasteiger partial charge in [-0.2, -0.15) is 4.31 Å². The number of hydrogen-bond donors (Lipinski definition) is 3. The summed E-state index contributed by atoms with van der Waals surface area (Å²) in [5.74, 6) is -2.54. The molecule has 3 saturated heterocycles. The lowest BCUT2D eigenvalue weighted by Gasteiger charge is -2.37. The van der Waals surface area contributed by atoms with E-state index in [1.807, 2.05) is 0 Å². The summed E-state index contributed by atoms with van der Waals surface area (Å²) in [5.41, 5.74) is 6.26. The van der Waals surface area contributed by atoms with E-state index in [2.05, 4.69) is 5.32 Å². The quantitative estimate of drug-likeness (QED) is 0.329. The zero-order chi connectivity index (χ0) is 31.3. The first kappa shape index (κ1) is 33.4. The van der Waals surface area contributed by atoms with Crippen molar-refractivity contribution in [2.24, 2.45) is 11.7 Å². The molecule has 0 bridgehead atoms. The van der Waals surface area contributed by atoms with E-state index in [1.165, 1.54) is 18.2 Å². The van der Waals surface area contributed by atoms with Gasteiger partial charge in [0.25, 0.3) is 0 Å². The highest BCUT2D eigenvalue weighted by atomic mass is 35.5. The number of nitrogens with zero attached hydrogens (tertiary/aromatic N) is 3. The number of hydrogen-bond acceptors (Lipinski definition) is 8. The second-order valence-electron chi connectivity index (χ2n) is 11.0. The second kappa shape index (κ2) is 14.5. The van der Waals surface area contributed by atoms with E-state index in [9.17, 15) is 32.7 Å². The van der Waals surface area contributed by atoms with Gasteiger partial charge in [0.05, 0.1) is 24.2 Å². The normalized spacial score (nSPS) is 21.8. The summed E-state index contributed by atoms with van der Waals surface area (Å²) < 4.78 is 32.9. The Bertz CT molecular complexity index is 1300. The van der Waals surface area contributed by atoms with Gasteiger partial charge in [-0.05, 0) is 56.2 Å². The number of morpholine rings is 1. The molecule has 3 amide bonds. The number of carboxylic acid groups (broad SMARTS) is 1. The van der Waals surface area contributed by atoms with Crippen LogP contribution in [0.1, 0.15) is 38.5 Å². The molecule has 43 heavy (non-hydrogen) atoms. The van der Waals surface area contributed by atoms with Gasteiger partial charge in [-0.15, -0.1) is 0 Å². The number of rotatable bonds is 10. The molecule has 13 nitrogen and oxygen atoms in total. The Morgan fingerprint density at radius 3 is 2.21 bits per heavy atom. The Morgan fingerprint density at radius 2 is 1.60 bits per heavy atom. The molecule has 0 saturated carbocycles. The van der Waals surface area contributed by atoms with Gasteiger partial charge in [0, 0.05) is 49.2 Å². The van der Waals surface area contributed by atoms with Crippen LogP contribution in [0.2, 0.25) is 10.0 Å². The molecule has 1 aromatic carbocycles. The molecule has 3 fully saturated rings. The number of aliphatic carboxylic acids is 1. The number of nitrogens with two attached hydrogens (primary N) is 1. The molecule has 3 aliphatic heterocycles. The topological polar surface area (TPSA) is 180 Å². The Kier molecular flexibility index (Phi) is 11.3. The minimum Gasteiger partial charge on any atom is -0.480 e. The summed E-state index contributed by atoms with van der Waals surface area (Å²) in [6.45, 7) is 2.84. The van der Waals surface area contributed by atoms with Crippen LogP contribution in [-0.2, 0) is 33.9 Å². The fourth-order valence-corrected chi connectivity index (χ4v) is 8.14. The van der Waals surface area contributed by atoms with Gasteiger partial charge in [0.15, 0.2) is 0 Å². The maximum atomic E-state index is 13.3. The number of carbonyl (C=O) groups excluding carboxylic acids is 3. The average molecular weight is 663 g/mol. The molecular weight excluding hydrogens is 625 g/mol. The molecule has 3 atom stereocenters. The summed E-state index contributed by atoms with van der Waals surface area (Å²) in [6.07, 6.45) is 1.40. The van der Waals surface area contributed by atoms with Crippen molar-refractivity contribution in [3.63, 3.8) is 0 Å². The van der Waals surface area contributed by atoms with Crippen molar-refractivity contribution in [1.82, 2.24) is 19.4 Å². The predicted molar refractivity (Wildman–Crippen MR) is 157 cm³/mol. The van der Waals surface area contributed by atoms with Crippen LogP contribution in [0.25, 0.3) is 0 Å². The van der Waals surface area contributed by atoms with Crippen molar-refractivity contribution >= 4 is 56.9 Å². The highest BCUT2D eigenvalue weighted by Crippen LogP contribution is 2.30. The number of benzene rings is 1. The first-order valence-corrected chi connectivity index (χ1v) is 16.5. The van der Waals surface area contributed by atoms with Crippen molar-refractivity contribution in [1.29, 1.82) is 0 Å². The molecule has 238 valence electrons. The molecule has 4 N–H and O–H groups in total. The number of nitrogens with one attached hydrogen (secondary N) is 1. The number of sulfonamides is 1. The van der Waals surface area contributed by atoms with Crippen molar-refractivity contribution in [2.45, 2.75) is 61.5 Å². The lowest BCUT2D eigenvalue weighted by Crippen LogP contribution is -2.53. The summed E-state index contributed by atoms with van der Waals surface area (Å²) in [5, 5.41) is 12.4. The van der Waals surface area contributed by atoms with Crippen LogP contribution in [0.5, 0.6) is 0 Å². The minimum atomic E-state index is -4.14. The van der Waals surface area contributed by atoms with E-state index in [4.69, 9.17) is 33.7 Å². The van der Waals surface area contributed by atoms with Crippen LogP contribution in [0.15, 0.2) is 23.1 Å². The van der Waals surface area contributed by atoms with Crippen molar-refractivity contribution in [3.8, 4) is 0 Å². The number of amides is 3. The van der Waals surface area contributed by atoms with Gasteiger partial charge in [-0.1, -0.05) is 23.2 Å². The molecule has 1 aromatic rings. The van der Waals surface area contributed by atoms with Gasteiger partial charge in [0.2, 0.25) is 27.7 Å². The van der Waals surface area contributed by atoms with Gasteiger partial charge in [-0.25, -0.2) is 13.2 Å². The molecule has 3 aliphatic rings. The van der Waals surface area contributed by atoms with Gasteiger partial charge in [-0.3, -0.25) is 14.4 Å². The van der Waals surface area contributed by atoms with Crippen LogP contribution >= 0.6 is 23.2 Å². The number of carbonyl (C=O) groups is 4. The molecule has 0 aliphatic carbocycles. The molecule has 4 rings (SSSR count). The summed E-state index contributed by atoms with van der Waals surface area (Å²) in [7, 11) is -4.14. The third-order valence-corrected chi connectivity index (χ3v) is 10.5. The number of likely N-dealkylation sites (tertiary alicyclic amines) is 1. The van der Waals surface area contributed by atoms with Crippen molar-refractivity contribution < 1.29 is 37.4 Å². The third kappa shape index (κ3) is 8.17. The Labute approximate surface area is 260 Å². The van der Waals surface area contributed by atoms with Crippen LogP contribution in [0, 0.1) is 5.92 Å². The number of halogens is 2. The van der Waals surface area contributed by atoms with Gasteiger partial charge < -0.3 is 30.7 Å². The molecule has 1 unspecified atom stereocenters. The fourth-order valence-electron chi connectivity index (χ4n) is 5.76. The molecular formula is C27H37Cl2N5O8S. The smallest absolute Gasteiger partial charge is 0.326 e. The van der Waals surface area contributed by atoms with Crippen LogP contribution in [0.4, 0.5) is 0 Å². The van der Waals surface area contributed by atoms with E-state index in [0.717, 1.165) is 4.31 Å². The molecule has 0 aromatic heterocycles. The van der Waals surface area contributed by atoms with Gasteiger partial charge in [0.1, 0.15) is 12.1 Å². The zero-order valence-electron chi connectivity index (χ0n) is 23.6. The first-order chi connectivity index (χ1) is 20.4. The largest absolute Gasteiger partial charge is 0.480 e. The summed E-state index contributed by atoms with van der Waals surface area (Å²) in [4.78, 5) is 53.9. The number of carboxylic acids is 1. The zero-order valence-corrected chi connectivity index (χ0v) is 26.0. The highest BCUT2D eigenvalue weighted by Gasteiger charge is 2.41. The molecule has 3 heterocycles. The lowest BCUT2D eigenvalue weighted by atomic mass is 9.88. The Balaban J connectivity index is 1.29. The van der Waals surface area contributed by atoms with E-state index in [1.54, 1.807) is 9.80 Å². The van der Waals surface area contributed by atoms with Crippen molar-refractivity contribution in [2.75, 3.05) is 45.9 Å². The first-order valence-electron chi connectivity index (χ1n) is 14.3. The van der Waals surface area contributed by atoms with E-state index in [-0.39, 0.29) is 58.5 Å². The maximum Gasteiger partial charge on any atom is 0.326 e. The van der Waals surface area contributed by atoms with E-state index < -0.39 is 40.0 Å². The van der Waals surface area contributed by atoms with Crippen LogP contribution in [-0.4, -0.2) is 115 Å². The summed E-state index contributed by atoms with van der Waals surface area (Å²) in [6, 6.07) is 0.695. The minimum absolute atomic E-state index is 0.0679. The van der Waals surface area contributed by atoms with E-state index in [0.29, 0.717) is 58.7 Å². The Hall–Kier alpha value is -2.49. The lowest BCUT2D eigenvalue weighted by molar-refractivity contribution is -0.143. The fraction of sp³-hybridized carbons (Fsp3) is 0.630. The predicted octanol–water partition coefficient (Wildman–Crippen LogP) is 0.921. The second-order valence-corrected chi connectivity index (χ2v) is 13.8. The maximum absolute atomic E-state index is 13.3. The number of piperidine rings is 1. The third-order valence-electron chi connectivity index (χ3n) is 8.22. The summed E-state index contributed by atoms with van der Waals surface area (Å²) >= 11 is 12.0. The van der Waals surface area contributed by atoms with Crippen molar-refractivity contribution in [3.05, 3.63) is 28.2 Å². The van der Waals surface area contributed by atoms with E-state index >= 15 is 0 Å². The molecule has 0 spiro atoms. The monoisotopic (exact) mass is 661 g/mol. The molecule has 0 radical (unpaired) electrons. The average Bonchev–Trinajstić information content (AvgIpc) is 3.49. The standard InChI is InChI=1S/C27H37Cl2N5O8S/c28-18-14-19(29)16-20(15-18)43(40,41)34-7-1-2-22(34)25(36)31-21(27(38)39)3-4-23(35)32-8-5-17(6-9-32)24(30)26(37)33-10-12-42-13-11-33/h14-17,21-22,24H,1-13,30H2,(H,31,36)(H,38,39)/t21-,22-,24?/m0/s1. The van der Waals surface area contributed by atoms with Gasteiger partial charge >= 0.3 is 5.97 Å². The van der Waals surface area contributed by atoms with Crippen LogP contribution < -0.4 is 11.1 Å². The van der Waals surface area contributed by atoms with Crippen LogP contribution in [0.3, 0.4) is 0 Å². The SMILES string of the molecule is NC(C(=O)N1CCOCC1)C1CCN(C(=O)CC[C@H](NC(=O)[C@@H]2CCCN2S(=O)(=O)c2cc(Cl)cc(Cl)c2)C(=O)O)CC1. The highest BCUT2D eigenvalue weighted by molar-refractivity contribution is 7.89.